The van der Waals surface area contributed by atoms with Gasteiger partial charge in [0.2, 0.25) is 0 Å². The van der Waals surface area contributed by atoms with E-state index >= 15 is 0 Å². The molecule has 1 rings (SSSR count). The molecule has 3 nitrogen and oxygen atoms in total. The standard InChI is InChI=1S/C11H14O3/c1-3-8(7(2)12)11-9(13)5-4-6-10(11)14/h3-6H2,1-2H3. The van der Waals surface area contributed by atoms with Gasteiger partial charge >= 0.3 is 0 Å². The van der Waals surface area contributed by atoms with E-state index in [4.69, 9.17) is 0 Å². The summed E-state index contributed by atoms with van der Waals surface area (Å²) in [5.41, 5.74) is 0.575. The molecule has 0 radical (unpaired) electrons. The molecule has 0 saturated heterocycles. The van der Waals surface area contributed by atoms with Crippen molar-refractivity contribution in [2.45, 2.75) is 39.5 Å². The van der Waals surface area contributed by atoms with E-state index in [1.54, 1.807) is 6.92 Å². The van der Waals surface area contributed by atoms with Crippen LogP contribution in [0.4, 0.5) is 0 Å². The molecule has 1 saturated carbocycles. The van der Waals surface area contributed by atoms with Crippen LogP contribution < -0.4 is 0 Å². The third-order valence-corrected chi connectivity index (χ3v) is 2.45. The highest BCUT2D eigenvalue weighted by molar-refractivity contribution is 6.25. The van der Waals surface area contributed by atoms with Crippen molar-refractivity contribution in [2.75, 3.05) is 0 Å². The molecule has 0 bridgehead atoms. The fraction of sp³-hybridized carbons (Fsp3) is 0.545. The Morgan fingerprint density at radius 1 is 1.21 bits per heavy atom. The Labute approximate surface area is 83.2 Å². The van der Waals surface area contributed by atoms with Crippen molar-refractivity contribution >= 4 is 17.3 Å². The second-order valence-electron chi connectivity index (χ2n) is 3.46. The van der Waals surface area contributed by atoms with Crippen LogP contribution in [0.15, 0.2) is 11.1 Å². The molecule has 0 atom stereocenters. The molecule has 0 spiro atoms. The number of carbonyl (C=O) groups is 3. The van der Waals surface area contributed by atoms with E-state index < -0.39 is 0 Å². The van der Waals surface area contributed by atoms with E-state index in [1.165, 1.54) is 6.92 Å². The summed E-state index contributed by atoms with van der Waals surface area (Å²) in [5, 5.41) is 0. The molecule has 0 N–H and O–H groups in total. The molecule has 0 aromatic carbocycles. The largest absolute Gasteiger partial charge is 0.295 e. The predicted octanol–water partition coefficient (Wildman–Crippen LogP) is 1.60. The minimum absolute atomic E-state index is 0.159. The number of carbonyl (C=O) groups excluding carboxylic acids is 3. The Morgan fingerprint density at radius 2 is 1.71 bits per heavy atom. The molecular weight excluding hydrogens is 180 g/mol. The fourth-order valence-electron chi connectivity index (χ4n) is 1.75. The topological polar surface area (TPSA) is 51.2 Å². The van der Waals surface area contributed by atoms with Crippen molar-refractivity contribution in [3.8, 4) is 0 Å². The quantitative estimate of drug-likeness (QED) is 0.495. The van der Waals surface area contributed by atoms with Gasteiger partial charge in [0.15, 0.2) is 17.3 Å². The van der Waals surface area contributed by atoms with Crippen molar-refractivity contribution in [1.82, 2.24) is 0 Å². The number of Topliss-reactive ketones (excluding diaryl/α,β-unsaturated/α-hetero) is 3. The molecule has 3 heteroatoms. The third kappa shape index (κ3) is 1.97. The number of ketones is 3. The van der Waals surface area contributed by atoms with Crippen LogP contribution in [-0.2, 0) is 14.4 Å². The van der Waals surface area contributed by atoms with E-state index in [1.807, 2.05) is 0 Å². The van der Waals surface area contributed by atoms with Crippen LogP contribution in [0.25, 0.3) is 0 Å². The molecule has 0 aromatic rings. The van der Waals surface area contributed by atoms with Gasteiger partial charge in [0.05, 0.1) is 5.57 Å². The number of rotatable bonds is 2. The third-order valence-electron chi connectivity index (χ3n) is 2.45. The molecule has 0 heterocycles. The predicted molar refractivity (Wildman–Crippen MR) is 51.9 cm³/mol. The Bertz CT molecular complexity index is 305. The van der Waals surface area contributed by atoms with Gasteiger partial charge < -0.3 is 0 Å². The summed E-state index contributed by atoms with van der Waals surface area (Å²) < 4.78 is 0. The molecule has 1 aliphatic carbocycles. The van der Waals surface area contributed by atoms with E-state index in [0.29, 0.717) is 31.3 Å². The lowest BCUT2D eigenvalue weighted by Crippen LogP contribution is -2.22. The summed E-state index contributed by atoms with van der Waals surface area (Å²) in [6.45, 7) is 3.19. The normalized spacial score (nSPS) is 17.1. The first-order valence-corrected chi connectivity index (χ1v) is 4.88. The molecular formula is C11H14O3. The number of hydrogen-bond donors (Lipinski definition) is 0. The van der Waals surface area contributed by atoms with Crippen LogP contribution in [0.1, 0.15) is 39.5 Å². The van der Waals surface area contributed by atoms with Gasteiger partial charge in [-0.05, 0) is 19.8 Å². The van der Waals surface area contributed by atoms with Gasteiger partial charge in [0.25, 0.3) is 0 Å². The van der Waals surface area contributed by atoms with Crippen molar-refractivity contribution in [1.29, 1.82) is 0 Å². The number of allylic oxidation sites excluding steroid dienone is 2. The molecule has 1 fully saturated rings. The summed E-state index contributed by atoms with van der Waals surface area (Å²) in [6, 6.07) is 0. The summed E-state index contributed by atoms with van der Waals surface area (Å²) in [6.07, 6.45) is 1.88. The monoisotopic (exact) mass is 194 g/mol. The molecule has 1 aliphatic rings. The highest BCUT2D eigenvalue weighted by Crippen LogP contribution is 2.22. The molecule has 76 valence electrons. The molecule has 0 aliphatic heterocycles. The maximum atomic E-state index is 11.5. The Balaban J connectivity index is 3.17. The van der Waals surface area contributed by atoms with Gasteiger partial charge in [-0.25, -0.2) is 0 Å². The second-order valence-corrected chi connectivity index (χ2v) is 3.46. The molecule has 0 amide bonds. The van der Waals surface area contributed by atoms with Crippen LogP contribution in [0, 0.1) is 0 Å². The van der Waals surface area contributed by atoms with Crippen LogP contribution >= 0.6 is 0 Å². The maximum Gasteiger partial charge on any atom is 0.166 e. The lowest BCUT2D eigenvalue weighted by Gasteiger charge is -2.14. The van der Waals surface area contributed by atoms with Gasteiger partial charge in [-0.2, -0.15) is 0 Å². The minimum Gasteiger partial charge on any atom is -0.295 e. The second kappa shape index (κ2) is 4.31. The summed E-state index contributed by atoms with van der Waals surface area (Å²) in [7, 11) is 0. The van der Waals surface area contributed by atoms with Gasteiger partial charge in [-0.3, -0.25) is 14.4 Å². The van der Waals surface area contributed by atoms with Gasteiger partial charge in [0, 0.05) is 18.4 Å². The Hall–Kier alpha value is -1.25. The summed E-state index contributed by atoms with van der Waals surface area (Å²) in [4.78, 5) is 34.2. The smallest absolute Gasteiger partial charge is 0.166 e. The summed E-state index contributed by atoms with van der Waals surface area (Å²) in [5.74, 6) is -0.479. The van der Waals surface area contributed by atoms with Crippen molar-refractivity contribution in [3.63, 3.8) is 0 Å². The van der Waals surface area contributed by atoms with Crippen LogP contribution in [0.5, 0.6) is 0 Å². The summed E-state index contributed by atoms with van der Waals surface area (Å²) >= 11 is 0. The van der Waals surface area contributed by atoms with Crippen molar-refractivity contribution in [3.05, 3.63) is 11.1 Å². The zero-order valence-corrected chi connectivity index (χ0v) is 8.55. The van der Waals surface area contributed by atoms with Crippen molar-refractivity contribution < 1.29 is 14.4 Å². The van der Waals surface area contributed by atoms with Crippen molar-refractivity contribution in [2.24, 2.45) is 0 Å². The van der Waals surface area contributed by atoms with E-state index in [-0.39, 0.29) is 22.9 Å². The first-order chi connectivity index (χ1) is 6.57. The zero-order chi connectivity index (χ0) is 10.7. The average molecular weight is 194 g/mol. The SMILES string of the molecule is CCC(C(C)=O)=C1C(=O)CCCC1=O. The lowest BCUT2D eigenvalue weighted by atomic mass is 9.86. The lowest BCUT2D eigenvalue weighted by molar-refractivity contribution is -0.124. The maximum absolute atomic E-state index is 11.5. The van der Waals surface area contributed by atoms with Gasteiger partial charge in [0.1, 0.15) is 0 Å². The molecule has 14 heavy (non-hydrogen) atoms. The zero-order valence-electron chi connectivity index (χ0n) is 8.55. The minimum atomic E-state index is -0.161. The fourth-order valence-corrected chi connectivity index (χ4v) is 1.75. The Morgan fingerprint density at radius 3 is 2.07 bits per heavy atom. The number of hydrogen-bond acceptors (Lipinski definition) is 3. The van der Waals surface area contributed by atoms with Crippen LogP contribution in [-0.4, -0.2) is 17.3 Å². The highest BCUT2D eigenvalue weighted by atomic mass is 16.2. The van der Waals surface area contributed by atoms with Gasteiger partial charge in [-0.1, -0.05) is 6.92 Å². The Kier molecular flexibility index (Phi) is 3.33. The molecule has 0 unspecified atom stereocenters. The first-order valence-electron chi connectivity index (χ1n) is 4.88. The van der Waals surface area contributed by atoms with E-state index in [0.717, 1.165) is 0 Å². The van der Waals surface area contributed by atoms with Crippen LogP contribution in [0.2, 0.25) is 0 Å². The molecule has 0 aromatic heterocycles. The average Bonchev–Trinajstić information content (AvgIpc) is 2.10. The van der Waals surface area contributed by atoms with Crippen LogP contribution in [0.3, 0.4) is 0 Å². The first kappa shape index (κ1) is 10.8. The highest BCUT2D eigenvalue weighted by Gasteiger charge is 2.27. The van der Waals surface area contributed by atoms with E-state index in [2.05, 4.69) is 0 Å². The van der Waals surface area contributed by atoms with Gasteiger partial charge in [-0.15, -0.1) is 0 Å². The van der Waals surface area contributed by atoms with E-state index in [9.17, 15) is 14.4 Å².